The Morgan fingerprint density at radius 2 is 2.06 bits per heavy atom. The summed E-state index contributed by atoms with van der Waals surface area (Å²) in [5.41, 5.74) is 8.01. The summed E-state index contributed by atoms with van der Waals surface area (Å²) >= 11 is 0. The van der Waals surface area contributed by atoms with Gasteiger partial charge >= 0.3 is 0 Å². The third kappa shape index (κ3) is 2.56. The minimum absolute atomic E-state index is 0.0480. The quantitative estimate of drug-likeness (QED) is 0.657. The first-order valence-electron chi connectivity index (χ1n) is 5.81. The number of nitrogens with two attached hydrogens (primary N) is 1. The van der Waals surface area contributed by atoms with Gasteiger partial charge in [0.05, 0.1) is 6.20 Å². The van der Waals surface area contributed by atoms with Crippen LogP contribution in [0.15, 0.2) is 30.5 Å². The third-order valence-electron chi connectivity index (χ3n) is 3.00. The number of Topliss-reactive ketones (excluding diaryl/α,β-unsaturated/α-hetero) is 1. The number of ketones is 1. The van der Waals surface area contributed by atoms with Crippen LogP contribution in [-0.4, -0.2) is 20.8 Å². The second kappa shape index (κ2) is 5.00. The van der Waals surface area contributed by atoms with E-state index < -0.39 is 0 Å². The van der Waals surface area contributed by atoms with E-state index in [1.807, 2.05) is 31.2 Å². The molecule has 0 amide bonds. The fraction of sp³-hybridized carbons (Fsp3) is 0.308. The maximum atomic E-state index is 12.1. The van der Waals surface area contributed by atoms with Crippen molar-refractivity contribution in [1.29, 1.82) is 0 Å². The van der Waals surface area contributed by atoms with Crippen LogP contribution in [0.1, 0.15) is 35.3 Å². The molecule has 0 spiro atoms. The fourth-order valence-corrected chi connectivity index (χ4v) is 1.87. The first-order valence-corrected chi connectivity index (χ1v) is 5.81. The molecule has 2 rings (SSSR count). The van der Waals surface area contributed by atoms with E-state index in [1.165, 1.54) is 10.9 Å². The molecule has 0 radical (unpaired) electrons. The van der Waals surface area contributed by atoms with E-state index in [9.17, 15) is 4.79 Å². The van der Waals surface area contributed by atoms with Crippen LogP contribution in [0.2, 0.25) is 0 Å². The van der Waals surface area contributed by atoms with Crippen LogP contribution in [0, 0.1) is 0 Å². The van der Waals surface area contributed by atoms with E-state index in [2.05, 4.69) is 10.3 Å². The summed E-state index contributed by atoms with van der Waals surface area (Å²) < 4.78 is 1.50. The van der Waals surface area contributed by atoms with Crippen LogP contribution in [0.4, 0.5) is 5.69 Å². The number of carbonyl (C=O) groups excluding carboxylic acids is 1. The number of anilines is 1. The van der Waals surface area contributed by atoms with Crippen molar-refractivity contribution >= 4 is 11.5 Å². The molecule has 0 aliphatic heterocycles. The van der Waals surface area contributed by atoms with Crippen molar-refractivity contribution in [1.82, 2.24) is 15.0 Å². The number of nitrogens with zero attached hydrogens (tertiary/aromatic N) is 3. The van der Waals surface area contributed by atoms with Crippen LogP contribution >= 0.6 is 0 Å². The number of hydrogen-bond donors (Lipinski definition) is 1. The van der Waals surface area contributed by atoms with Crippen LogP contribution in [-0.2, 0) is 7.05 Å². The minimum atomic E-state index is 0.0480. The second-order valence-corrected chi connectivity index (χ2v) is 4.44. The van der Waals surface area contributed by atoms with Crippen LogP contribution < -0.4 is 5.73 Å². The molecule has 0 fully saturated rings. The van der Waals surface area contributed by atoms with Gasteiger partial charge in [0.1, 0.15) is 5.69 Å². The molecule has 2 N–H and O–H groups in total. The monoisotopic (exact) mass is 244 g/mol. The number of benzene rings is 1. The van der Waals surface area contributed by atoms with Crippen LogP contribution in [0.3, 0.4) is 0 Å². The molecule has 5 nitrogen and oxygen atoms in total. The minimum Gasteiger partial charge on any atom is -0.399 e. The summed E-state index contributed by atoms with van der Waals surface area (Å²) in [6.07, 6.45) is 1.93. The third-order valence-corrected chi connectivity index (χ3v) is 3.00. The largest absolute Gasteiger partial charge is 0.399 e. The molecule has 0 bridgehead atoms. The zero-order chi connectivity index (χ0) is 13.1. The molecular weight excluding hydrogens is 228 g/mol. The molecule has 0 saturated heterocycles. The molecule has 2 aromatic rings. The number of aromatic nitrogens is 3. The first-order chi connectivity index (χ1) is 8.58. The van der Waals surface area contributed by atoms with Crippen molar-refractivity contribution < 1.29 is 4.79 Å². The molecule has 1 aromatic carbocycles. The SMILES string of the molecule is CC(CC(=O)c1cnnn1C)c1ccc(N)cc1. The van der Waals surface area contributed by atoms with Gasteiger partial charge in [-0.15, -0.1) is 5.10 Å². The first kappa shape index (κ1) is 12.3. The van der Waals surface area contributed by atoms with Gasteiger partial charge in [-0.3, -0.25) is 4.79 Å². The molecule has 0 aliphatic rings. The lowest BCUT2D eigenvalue weighted by atomic mass is 9.95. The Bertz CT molecular complexity index is 544. The Balaban J connectivity index is 2.08. The smallest absolute Gasteiger partial charge is 0.183 e. The summed E-state index contributed by atoms with van der Waals surface area (Å²) in [7, 11) is 1.72. The molecule has 18 heavy (non-hydrogen) atoms. The van der Waals surface area contributed by atoms with Crippen molar-refractivity contribution in [2.45, 2.75) is 19.3 Å². The van der Waals surface area contributed by atoms with Gasteiger partial charge in [0.2, 0.25) is 0 Å². The summed E-state index contributed by atoms with van der Waals surface area (Å²) in [6, 6.07) is 7.60. The van der Waals surface area contributed by atoms with Gasteiger partial charge in [0.15, 0.2) is 5.78 Å². The predicted molar refractivity (Wildman–Crippen MR) is 69.2 cm³/mol. The number of nitrogen functional groups attached to an aromatic ring is 1. The molecular formula is C13H16N4O. The second-order valence-electron chi connectivity index (χ2n) is 4.44. The van der Waals surface area contributed by atoms with Crippen molar-refractivity contribution in [3.8, 4) is 0 Å². The van der Waals surface area contributed by atoms with Gasteiger partial charge in [0, 0.05) is 19.2 Å². The zero-order valence-electron chi connectivity index (χ0n) is 10.5. The van der Waals surface area contributed by atoms with Gasteiger partial charge in [0.25, 0.3) is 0 Å². The Hall–Kier alpha value is -2.17. The van der Waals surface area contributed by atoms with Gasteiger partial charge in [-0.25, -0.2) is 4.68 Å². The van der Waals surface area contributed by atoms with Gasteiger partial charge in [-0.05, 0) is 23.6 Å². The van der Waals surface area contributed by atoms with Crippen LogP contribution in [0.25, 0.3) is 0 Å². The lowest BCUT2D eigenvalue weighted by Gasteiger charge is -2.11. The molecule has 94 valence electrons. The number of rotatable bonds is 4. The van der Waals surface area contributed by atoms with E-state index in [1.54, 1.807) is 7.05 Å². The summed E-state index contributed by atoms with van der Waals surface area (Å²) in [5.74, 6) is 0.194. The average molecular weight is 244 g/mol. The van der Waals surface area contributed by atoms with Gasteiger partial charge < -0.3 is 5.73 Å². The summed E-state index contributed by atoms with van der Waals surface area (Å²) in [5, 5.41) is 7.47. The standard InChI is InChI=1S/C13H16N4O/c1-9(10-3-5-11(14)6-4-10)7-13(18)12-8-15-16-17(12)2/h3-6,8-9H,7,14H2,1-2H3. The van der Waals surface area contributed by atoms with Crippen LogP contribution in [0.5, 0.6) is 0 Å². The molecule has 1 atom stereocenters. The lowest BCUT2D eigenvalue weighted by molar-refractivity contribution is 0.0966. The Labute approximate surface area is 106 Å². The van der Waals surface area contributed by atoms with Crippen molar-refractivity contribution in [3.63, 3.8) is 0 Å². The average Bonchev–Trinajstić information content (AvgIpc) is 2.76. The van der Waals surface area contributed by atoms with Gasteiger partial charge in [-0.2, -0.15) is 0 Å². The number of aryl methyl sites for hydroxylation is 1. The molecule has 1 aromatic heterocycles. The van der Waals surface area contributed by atoms with Crippen molar-refractivity contribution in [2.75, 3.05) is 5.73 Å². The van der Waals surface area contributed by atoms with E-state index in [-0.39, 0.29) is 11.7 Å². The highest BCUT2D eigenvalue weighted by atomic mass is 16.1. The van der Waals surface area contributed by atoms with Crippen molar-refractivity contribution in [3.05, 3.63) is 41.7 Å². The molecule has 0 saturated carbocycles. The summed E-state index contributed by atoms with van der Waals surface area (Å²) in [6.45, 7) is 2.02. The lowest BCUT2D eigenvalue weighted by Crippen LogP contribution is -2.10. The van der Waals surface area contributed by atoms with E-state index >= 15 is 0 Å². The molecule has 5 heteroatoms. The maximum absolute atomic E-state index is 12.1. The highest BCUT2D eigenvalue weighted by molar-refractivity contribution is 5.94. The number of carbonyl (C=O) groups is 1. The zero-order valence-corrected chi connectivity index (χ0v) is 10.5. The Morgan fingerprint density at radius 3 is 2.61 bits per heavy atom. The molecule has 0 aliphatic carbocycles. The van der Waals surface area contributed by atoms with E-state index in [0.717, 1.165) is 11.3 Å². The normalized spacial score (nSPS) is 12.3. The predicted octanol–water partition coefficient (Wildman–Crippen LogP) is 1.77. The maximum Gasteiger partial charge on any atom is 0.183 e. The topological polar surface area (TPSA) is 73.8 Å². The Kier molecular flexibility index (Phi) is 3.41. The molecule has 1 heterocycles. The highest BCUT2D eigenvalue weighted by Crippen LogP contribution is 2.21. The summed E-state index contributed by atoms with van der Waals surface area (Å²) in [4.78, 5) is 12.1. The highest BCUT2D eigenvalue weighted by Gasteiger charge is 2.16. The van der Waals surface area contributed by atoms with E-state index in [4.69, 9.17) is 5.73 Å². The van der Waals surface area contributed by atoms with Gasteiger partial charge in [-0.1, -0.05) is 24.3 Å². The van der Waals surface area contributed by atoms with Crippen molar-refractivity contribution in [2.24, 2.45) is 7.05 Å². The fourth-order valence-electron chi connectivity index (χ4n) is 1.87. The van der Waals surface area contributed by atoms with E-state index in [0.29, 0.717) is 12.1 Å². The number of hydrogen-bond acceptors (Lipinski definition) is 4. The molecule has 1 unspecified atom stereocenters. The Morgan fingerprint density at radius 1 is 1.39 bits per heavy atom.